The normalized spacial score (nSPS) is 18.6. The lowest BCUT2D eigenvalue weighted by molar-refractivity contribution is 0.0706. The number of benzene rings is 1. The third-order valence-corrected chi connectivity index (χ3v) is 6.61. The summed E-state index contributed by atoms with van der Waals surface area (Å²) in [5, 5.41) is 0. The number of likely N-dealkylation sites (tertiary alicyclic amines) is 1. The summed E-state index contributed by atoms with van der Waals surface area (Å²) in [4.78, 5) is 27.0. The summed E-state index contributed by atoms with van der Waals surface area (Å²) in [6.45, 7) is 4.39. The molecule has 3 aromatic rings. The van der Waals surface area contributed by atoms with Crippen LogP contribution in [0.25, 0.3) is 11.3 Å². The zero-order valence-electron chi connectivity index (χ0n) is 19.5. The summed E-state index contributed by atoms with van der Waals surface area (Å²) < 4.78 is 11.0. The lowest BCUT2D eigenvalue weighted by Gasteiger charge is -2.33. The Hall–Kier alpha value is -3.45. The van der Waals surface area contributed by atoms with Crippen LogP contribution in [0.4, 0.5) is 5.82 Å². The molecule has 1 atom stereocenters. The number of amides is 1. The third-order valence-electron chi connectivity index (χ3n) is 6.61. The van der Waals surface area contributed by atoms with Gasteiger partial charge in [0.05, 0.1) is 26.0 Å². The Balaban J connectivity index is 1.33. The van der Waals surface area contributed by atoms with E-state index in [0.717, 1.165) is 61.0 Å². The average molecular weight is 459 g/mol. The van der Waals surface area contributed by atoms with Crippen LogP contribution >= 0.6 is 0 Å². The molecular formula is C27H30N4O3. The number of anilines is 1. The molecule has 0 unspecified atom stereocenters. The maximum absolute atomic E-state index is 13.4. The highest BCUT2D eigenvalue weighted by Crippen LogP contribution is 2.32. The number of hydrogen-bond donors (Lipinski definition) is 0. The van der Waals surface area contributed by atoms with Crippen LogP contribution in [0.3, 0.4) is 0 Å². The molecule has 176 valence electrons. The van der Waals surface area contributed by atoms with Gasteiger partial charge < -0.3 is 19.3 Å². The molecule has 5 rings (SSSR count). The van der Waals surface area contributed by atoms with Crippen LogP contribution in [0.5, 0.6) is 5.75 Å². The molecule has 2 aliphatic rings. The highest BCUT2D eigenvalue weighted by molar-refractivity contribution is 5.95. The number of carbonyl (C=O) groups excluding carboxylic acids is 1. The molecule has 7 nitrogen and oxygen atoms in total. The van der Waals surface area contributed by atoms with Gasteiger partial charge in [-0.2, -0.15) is 0 Å². The Morgan fingerprint density at radius 1 is 1.06 bits per heavy atom. The van der Waals surface area contributed by atoms with Crippen molar-refractivity contribution < 1.29 is 14.3 Å². The van der Waals surface area contributed by atoms with Crippen molar-refractivity contribution in [1.82, 2.24) is 14.9 Å². The minimum Gasteiger partial charge on any atom is -0.496 e. The molecule has 34 heavy (non-hydrogen) atoms. The van der Waals surface area contributed by atoms with Crippen molar-refractivity contribution in [2.24, 2.45) is 0 Å². The molecule has 1 amide bonds. The van der Waals surface area contributed by atoms with Crippen LogP contribution in [0.2, 0.25) is 0 Å². The van der Waals surface area contributed by atoms with Crippen LogP contribution in [-0.4, -0.2) is 67.3 Å². The Bertz CT molecular complexity index is 1150. The summed E-state index contributed by atoms with van der Waals surface area (Å²) >= 11 is 0. The van der Waals surface area contributed by atoms with Crippen molar-refractivity contribution in [2.45, 2.75) is 18.8 Å². The first-order valence-electron chi connectivity index (χ1n) is 11.9. The fraction of sp³-hybridized carbons (Fsp3) is 0.370. The highest BCUT2D eigenvalue weighted by atomic mass is 16.5. The van der Waals surface area contributed by atoms with E-state index in [1.54, 1.807) is 13.3 Å². The molecular weight excluding hydrogens is 428 g/mol. The standard InChI is InChI=1S/C27H30N4O3/c1-33-25-10-3-2-7-22(25)24-9-4-8-23(29-24)21-6-5-13-31(19-21)27(32)20-11-12-28-26(18-20)30-14-16-34-17-15-30/h2-4,7-12,18,21H,5-6,13-17,19H2,1H3/t21-/m0/s1. The van der Waals surface area contributed by atoms with E-state index in [-0.39, 0.29) is 11.8 Å². The molecule has 2 aromatic heterocycles. The number of rotatable bonds is 5. The molecule has 2 fully saturated rings. The number of morpholine rings is 1. The predicted molar refractivity (Wildman–Crippen MR) is 131 cm³/mol. The van der Waals surface area contributed by atoms with Crippen LogP contribution in [0, 0.1) is 0 Å². The van der Waals surface area contributed by atoms with Crippen LogP contribution in [0.1, 0.15) is 34.8 Å². The quantitative estimate of drug-likeness (QED) is 0.576. The number of ether oxygens (including phenoxy) is 2. The van der Waals surface area contributed by atoms with E-state index >= 15 is 0 Å². The van der Waals surface area contributed by atoms with Crippen molar-refractivity contribution in [3.8, 4) is 17.0 Å². The molecule has 0 N–H and O–H groups in total. The van der Waals surface area contributed by atoms with Crippen LogP contribution < -0.4 is 9.64 Å². The Morgan fingerprint density at radius 2 is 1.91 bits per heavy atom. The van der Waals surface area contributed by atoms with Gasteiger partial charge in [-0.05, 0) is 49.2 Å². The fourth-order valence-electron chi connectivity index (χ4n) is 4.79. The van der Waals surface area contributed by atoms with Crippen molar-refractivity contribution in [2.75, 3.05) is 51.4 Å². The number of nitrogens with zero attached hydrogens (tertiary/aromatic N) is 4. The number of piperidine rings is 1. The van der Waals surface area contributed by atoms with E-state index in [9.17, 15) is 4.79 Å². The lowest BCUT2D eigenvalue weighted by atomic mass is 9.93. The Labute approximate surface area is 200 Å². The summed E-state index contributed by atoms with van der Waals surface area (Å²) in [6, 6.07) is 17.8. The second-order valence-electron chi connectivity index (χ2n) is 8.74. The predicted octanol–water partition coefficient (Wildman–Crippen LogP) is 4.01. The van der Waals surface area contributed by atoms with E-state index in [0.29, 0.717) is 25.3 Å². The molecule has 0 aliphatic carbocycles. The molecule has 0 saturated carbocycles. The first-order valence-corrected chi connectivity index (χ1v) is 11.9. The van der Waals surface area contributed by atoms with Gasteiger partial charge in [-0.15, -0.1) is 0 Å². The molecule has 2 aliphatic heterocycles. The summed E-state index contributed by atoms with van der Waals surface area (Å²) in [7, 11) is 1.68. The maximum atomic E-state index is 13.4. The SMILES string of the molecule is COc1ccccc1-c1cccc([C@H]2CCCN(C(=O)c3ccnc(N4CCOCC4)c3)C2)n1. The van der Waals surface area contributed by atoms with Gasteiger partial charge in [0.2, 0.25) is 0 Å². The van der Waals surface area contributed by atoms with Gasteiger partial charge in [0.15, 0.2) is 0 Å². The number of para-hydroxylation sites is 1. The van der Waals surface area contributed by atoms with Gasteiger partial charge in [-0.1, -0.05) is 18.2 Å². The molecule has 1 aromatic carbocycles. The maximum Gasteiger partial charge on any atom is 0.254 e. The molecule has 2 saturated heterocycles. The first-order chi connectivity index (χ1) is 16.7. The van der Waals surface area contributed by atoms with E-state index in [1.165, 1.54) is 0 Å². The molecule has 0 radical (unpaired) electrons. The van der Waals surface area contributed by atoms with Gasteiger partial charge in [-0.3, -0.25) is 9.78 Å². The van der Waals surface area contributed by atoms with E-state index < -0.39 is 0 Å². The second-order valence-corrected chi connectivity index (χ2v) is 8.74. The van der Waals surface area contributed by atoms with Crippen molar-refractivity contribution >= 4 is 11.7 Å². The lowest BCUT2D eigenvalue weighted by Crippen LogP contribution is -2.40. The van der Waals surface area contributed by atoms with Crippen molar-refractivity contribution in [3.05, 3.63) is 72.1 Å². The number of methoxy groups -OCH3 is 1. The molecule has 4 heterocycles. The molecule has 0 spiro atoms. The minimum atomic E-state index is 0.0579. The van der Waals surface area contributed by atoms with Crippen molar-refractivity contribution in [3.63, 3.8) is 0 Å². The van der Waals surface area contributed by atoms with Crippen molar-refractivity contribution in [1.29, 1.82) is 0 Å². The number of hydrogen-bond acceptors (Lipinski definition) is 6. The summed E-state index contributed by atoms with van der Waals surface area (Å²) in [6.07, 6.45) is 3.71. The van der Waals surface area contributed by atoms with Gasteiger partial charge >= 0.3 is 0 Å². The average Bonchev–Trinajstić information content (AvgIpc) is 2.93. The van der Waals surface area contributed by atoms with Gasteiger partial charge in [0, 0.05) is 55.1 Å². The van der Waals surface area contributed by atoms with Crippen LogP contribution in [0.15, 0.2) is 60.8 Å². The fourth-order valence-corrected chi connectivity index (χ4v) is 4.79. The van der Waals surface area contributed by atoms with E-state index in [2.05, 4.69) is 16.0 Å². The smallest absolute Gasteiger partial charge is 0.254 e. The van der Waals surface area contributed by atoms with E-state index in [1.807, 2.05) is 53.4 Å². The highest BCUT2D eigenvalue weighted by Gasteiger charge is 2.27. The largest absolute Gasteiger partial charge is 0.496 e. The molecule has 0 bridgehead atoms. The van der Waals surface area contributed by atoms with Gasteiger partial charge in [-0.25, -0.2) is 4.98 Å². The Kier molecular flexibility index (Phi) is 6.72. The topological polar surface area (TPSA) is 67.8 Å². The summed E-state index contributed by atoms with van der Waals surface area (Å²) in [5.41, 5.74) is 3.57. The van der Waals surface area contributed by atoms with Gasteiger partial charge in [0.1, 0.15) is 11.6 Å². The second kappa shape index (κ2) is 10.2. The Morgan fingerprint density at radius 3 is 2.76 bits per heavy atom. The number of aromatic nitrogens is 2. The summed E-state index contributed by atoms with van der Waals surface area (Å²) in [5.74, 6) is 1.91. The zero-order valence-corrected chi connectivity index (χ0v) is 19.5. The van der Waals surface area contributed by atoms with Crippen LogP contribution in [-0.2, 0) is 4.74 Å². The molecule has 7 heteroatoms. The van der Waals surface area contributed by atoms with Gasteiger partial charge in [0.25, 0.3) is 5.91 Å². The third kappa shape index (κ3) is 4.75. The first kappa shape index (κ1) is 22.3. The van der Waals surface area contributed by atoms with E-state index in [4.69, 9.17) is 14.5 Å². The minimum absolute atomic E-state index is 0.0579. The zero-order chi connectivity index (χ0) is 23.3. The monoisotopic (exact) mass is 458 g/mol. The number of pyridine rings is 2. The number of carbonyl (C=O) groups is 1.